The second-order valence-electron chi connectivity index (χ2n) is 1.68. The Bertz CT molecular complexity index is 246. The molecule has 0 aliphatic rings. The Morgan fingerprint density at radius 2 is 2.18 bits per heavy atom. The third kappa shape index (κ3) is 5.58. The Balaban J connectivity index is 3.83. The van der Waals surface area contributed by atoms with Gasteiger partial charge in [-0.05, 0) is 0 Å². The van der Waals surface area contributed by atoms with Gasteiger partial charge in [-0.25, -0.2) is 0 Å². The molecule has 0 amide bonds. The maximum Gasteiger partial charge on any atom is 0.268 e. The van der Waals surface area contributed by atoms with Crippen LogP contribution in [0.25, 0.3) is 0 Å². The van der Waals surface area contributed by atoms with E-state index in [1.165, 1.54) is 0 Å². The lowest BCUT2D eigenvalue weighted by atomic mass is 10.6. The molecule has 0 saturated heterocycles. The minimum atomic E-state index is -3.58. The van der Waals surface area contributed by atoms with Crippen LogP contribution in [0.4, 0.5) is 0 Å². The van der Waals surface area contributed by atoms with Crippen LogP contribution in [0.3, 0.4) is 0 Å². The van der Waals surface area contributed by atoms with Crippen molar-refractivity contribution in [2.75, 3.05) is 12.4 Å². The van der Waals surface area contributed by atoms with Crippen molar-refractivity contribution in [3.05, 3.63) is 0 Å². The Labute approximate surface area is 65.7 Å². The molecule has 0 radical (unpaired) electrons. The molecule has 0 aromatic rings. The highest BCUT2D eigenvalue weighted by molar-refractivity contribution is 7.86. The lowest BCUT2D eigenvalue weighted by Gasteiger charge is -1.97. The molecule has 0 aliphatic carbocycles. The largest absolute Gasteiger partial charge is 0.303 e. The molecule has 0 N–H and O–H groups in total. The first-order valence-electron chi connectivity index (χ1n) is 2.86. The van der Waals surface area contributed by atoms with Crippen molar-refractivity contribution in [3.63, 3.8) is 0 Å². The fourth-order valence-electron chi connectivity index (χ4n) is 0.375. The lowest BCUT2D eigenvalue weighted by Crippen LogP contribution is -2.10. The van der Waals surface area contributed by atoms with E-state index in [-0.39, 0.29) is 18.8 Å². The van der Waals surface area contributed by atoms with Gasteiger partial charge in [-0.3, -0.25) is 4.18 Å². The predicted molar refractivity (Wildman–Crippen MR) is 39.3 cm³/mol. The lowest BCUT2D eigenvalue weighted by molar-refractivity contribution is -0.107. The van der Waals surface area contributed by atoms with Crippen LogP contribution in [0.5, 0.6) is 0 Å². The Morgan fingerprint density at radius 3 is 2.64 bits per heavy atom. The molecule has 0 aliphatic heterocycles. The van der Waals surface area contributed by atoms with Gasteiger partial charge < -0.3 is 4.79 Å². The van der Waals surface area contributed by atoms with Gasteiger partial charge in [0.15, 0.2) is 0 Å². The highest BCUT2D eigenvalue weighted by Crippen LogP contribution is 1.93. The summed E-state index contributed by atoms with van der Waals surface area (Å²) in [5.74, 6) is 1.70. The van der Waals surface area contributed by atoms with E-state index in [0.717, 1.165) is 0 Å². The number of hydrogen-bond donors (Lipinski definition) is 0. The van der Waals surface area contributed by atoms with Gasteiger partial charge in [-0.15, -0.1) is 6.42 Å². The van der Waals surface area contributed by atoms with Crippen LogP contribution in [-0.2, 0) is 19.1 Å². The van der Waals surface area contributed by atoms with Crippen LogP contribution in [0.15, 0.2) is 0 Å². The summed E-state index contributed by atoms with van der Waals surface area (Å²) < 4.78 is 25.6. The SMILES string of the molecule is C#CCOS(=O)(=O)CCC=O. The second-order valence-corrected chi connectivity index (χ2v) is 3.44. The molecule has 0 atom stereocenters. The minimum Gasteiger partial charge on any atom is -0.303 e. The third-order valence-corrected chi connectivity index (χ3v) is 2.02. The van der Waals surface area contributed by atoms with Crippen LogP contribution in [0.1, 0.15) is 6.42 Å². The Kier molecular flexibility index (Phi) is 4.50. The number of terminal acetylenes is 1. The average molecular weight is 176 g/mol. The predicted octanol–water partition coefficient (Wildman–Crippen LogP) is -0.445. The summed E-state index contributed by atoms with van der Waals surface area (Å²) in [5, 5.41) is 0. The van der Waals surface area contributed by atoms with Crippen molar-refractivity contribution < 1.29 is 17.4 Å². The van der Waals surface area contributed by atoms with E-state index in [9.17, 15) is 13.2 Å². The summed E-state index contributed by atoms with van der Waals surface area (Å²) in [6.45, 7) is -0.277. The highest BCUT2D eigenvalue weighted by Gasteiger charge is 2.08. The van der Waals surface area contributed by atoms with E-state index in [1.54, 1.807) is 0 Å². The van der Waals surface area contributed by atoms with E-state index in [0.29, 0.717) is 6.29 Å². The van der Waals surface area contributed by atoms with Gasteiger partial charge in [0.25, 0.3) is 10.1 Å². The first-order chi connectivity index (χ1) is 5.12. The van der Waals surface area contributed by atoms with Gasteiger partial charge in [0.05, 0.1) is 5.75 Å². The van der Waals surface area contributed by atoms with Crippen LogP contribution in [0, 0.1) is 12.3 Å². The summed E-state index contributed by atoms with van der Waals surface area (Å²) in [6, 6.07) is 0. The van der Waals surface area contributed by atoms with Gasteiger partial charge in [0.1, 0.15) is 12.9 Å². The van der Waals surface area contributed by atoms with Gasteiger partial charge in [0.2, 0.25) is 0 Å². The molecule has 0 saturated carbocycles. The van der Waals surface area contributed by atoms with E-state index in [2.05, 4.69) is 4.18 Å². The van der Waals surface area contributed by atoms with E-state index in [1.807, 2.05) is 5.92 Å². The summed E-state index contributed by atoms with van der Waals surface area (Å²) >= 11 is 0. The molecular formula is C6H8O4S. The number of carbonyl (C=O) groups is 1. The third-order valence-electron chi connectivity index (χ3n) is 0.808. The highest BCUT2D eigenvalue weighted by atomic mass is 32.2. The standard InChI is InChI=1S/C6H8O4S/c1-2-5-10-11(8,9)6-3-4-7/h1,4H,3,5-6H2. The average Bonchev–Trinajstić information content (AvgIpc) is 1.97. The Morgan fingerprint density at radius 1 is 1.55 bits per heavy atom. The molecule has 0 bridgehead atoms. The normalized spacial score (nSPS) is 10.5. The van der Waals surface area contributed by atoms with E-state index >= 15 is 0 Å². The molecule has 5 heteroatoms. The maximum absolute atomic E-state index is 10.7. The molecule has 11 heavy (non-hydrogen) atoms. The zero-order chi connectivity index (χ0) is 8.74. The van der Waals surface area contributed by atoms with Crippen molar-refractivity contribution in [3.8, 4) is 12.3 Å². The molecule has 0 heterocycles. The zero-order valence-electron chi connectivity index (χ0n) is 5.82. The van der Waals surface area contributed by atoms with Gasteiger partial charge in [-0.1, -0.05) is 5.92 Å². The van der Waals surface area contributed by atoms with Gasteiger partial charge >= 0.3 is 0 Å². The monoisotopic (exact) mass is 176 g/mol. The van der Waals surface area contributed by atoms with Crippen LogP contribution in [-0.4, -0.2) is 27.1 Å². The topological polar surface area (TPSA) is 60.4 Å². The summed E-state index contributed by atoms with van der Waals surface area (Å²) in [4.78, 5) is 9.77. The van der Waals surface area contributed by atoms with Crippen molar-refractivity contribution >= 4 is 16.4 Å². The minimum absolute atomic E-state index is 0.0626. The number of carbonyl (C=O) groups excluding carboxylic acids is 1. The maximum atomic E-state index is 10.7. The number of hydrogen-bond acceptors (Lipinski definition) is 4. The quantitative estimate of drug-likeness (QED) is 0.323. The first-order valence-corrected chi connectivity index (χ1v) is 4.44. The number of aldehydes is 1. The number of rotatable bonds is 5. The Hall–Kier alpha value is -0.860. The molecule has 0 aromatic carbocycles. The fourth-order valence-corrected chi connectivity index (χ4v) is 1.13. The van der Waals surface area contributed by atoms with Crippen molar-refractivity contribution in [1.29, 1.82) is 0 Å². The zero-order valence-corrected chi connectivity index (χ0v) is 6.63. The van der Waals surface area contributed by atoms with Crippen molar-refractivity contribution in [1.82, 2.24) is 0 Å². The second kappa shape index (κ2) is 4.88. The first kappa shape index (κ1) is 10.1. The fraction of sp³-hybridized carbons (Fsp3) is 0.500. The van der Waals surface area contributed by atoms with E-state index in [4.69, 9.17) is 6.42 Å². The van der Waals surface area contributed by atoms with E-state index < -0.39 is 10.1 Å². The molecule has 0 aromatic heterocycles. The van der Waals surface area contributed by atoms with Gasteiger partial charge in [0, 0.05) is 6.42 Å². The molecule has 0 unspecified atom stereocenters. The van der Waals surface area contributed by atoms with Crippen LogP contribution >= 0.6 is 0 Å². The molecule has 0 fully saturated rings. The van der Waals surface area contributed by atoms with Gasteiger partial charge in [-0.2, -0.15) is 8.42 Å². The molecule has 4 nitrogen and oxygen atoms in total. The molecule has 62 valence electrons. The van der Waals surface area contributed by atoms with Crippen molar-refractivity contribution in [2.45, 2.75) is 6.42 Å². The molecule has 0 rings (SSSR count). The van der Waals surface area contributed by atoms with Crippen LogP contribution in [0.2, 0.25) is 0 Å². The smallest absolute Gasteiger partial charge is 0.268 e. The summed E-state index contributed by atoms with van der Waals surface area (Å²) in [6.07, 6.45) is 5.20. The molecule has 0 spiro atoms. The van der Waals surface area contributed by atoms with Crippen molar-refractivity contribution in [2.24, 2.45) is 0 Å². The summed E-state index contributed by atoms with van der Waals surface area (Å²) in [7, 11) is -3.58. The van der Waals surface area contributed by atoms with Crippen LogP contribution < -0.4 is 0 Å². The summed E-state index contributed by atoms with van der Waals surface area (Å²) in [5.41, 5.74) is 0. The molecular weight excluding hydrogens is 168 g/mol.